The van der Waals surface area contributed by atoms with Crippen molar-refractivity contribution in [3.8, 4) is 28.7 Å². The van der Waals surface area contributed by atoms with E-state index in [2.05, 4.69) is 15.6 Å². The van der Waals surface area contributed by atoms with Crippen LogP contribution in [0.15, 0.2) is 77.9 Å². The van der Waals surface area contributed by atoms with Crippen LogP contribution < -0.4 is 30.4 Å². The number of fused-ring (bicyclic) bond motifs is 2. The minimum absolute atomic E-state index is 0.0643. The molecule has 2 amide bonds. The molecule has 2 aromatic heterocycles. The number of pyridine rings is 2. The van der Waals surface area contributed by atoms with Gasteiger partial charge in [-0.1, -0.05) is 0 Å². The molecule has 0 bridgehead atoms. The Morgan fingerprint density at radius 3 is 2.50 bits per heavy atom. The molecule has 0 radical (unpaired) electrons. The van der Waals surface area contributed by atoms with E-state index in [4.69, 9.17) is 14.2 Å². The van der Waals surface area contributed by atoms with Gasteiger partial charge in [-0.2, -0.15) is 0 Å². The molecule has 0 fully saturated rings. The number of hydrogen-bond donors (Lipinski definition) is 2. The fraction of sp³-hybridized carbons (Fsp3) is 0.125. The summed E-state index contributed by atoms with van der Waals surface area (Å²) in [6.07, 6.45) is 3.51. The van der Waals surface area contributed by atoms with Crippen molar-refractivity contribution in [3.05, 3.63) is 112 Å². The number of aromatic nitrogens is 2. The first-order valence-electron chi connectivity index (χ1n) is 13.4. The van der Waals surface area contributed by atoms with Gasteiger partial charge in [-0.05, 0) is 48.5 Å². The normalized spacial score (nSPS) is 11.9. The number of rotatable bonds is 7. The zero-order chi connectivity index (χ0) is 31.0. The quantitative estimate of drug-likeness (QED) is 0.270. The summed E-state index contributed by atoms with van der Waals surface area (Å²) in [5.41, 5.74) is 0.847. The third kappa shape index (κ3) is 5.17. The molecule has 0 aliphatic carbocycles. The minimum Gasteiger partial charge on any atom is -0.496 e. The zero-order valence-corrected chi connectivity index (χ0v) is 23.4. The number of methoxy groups -OCH3 is 1. The number of hydrogen-bond acceptors (Lipinski definition) is 7. The molecule has 12 heteroatoms. The lowest BCUT2D eigenvalue weighted by atomic mass is 10.1. The first kappa shape index (κ1) is 28.3. The van der Waals surface area contributed by atoms with E-state index >= 15 is 4.39 Å². The van der Waals surface area contributed by atoms with E-state index in [0.717, 1.165) is 6.07 Å². The highest BCUT2D eigenvalue weighted by Gasteiger charge is 2.27. The number of benzene rings is 3. The maximum absolute atomic E-state index is 15.3. The van der Waals surface area contributed by atoms with Crippen molar-refractivity contribution in [1.82, 2.24) is 14.9 Å². The summed E-state index contributed by atoms with van der Waals surface area (Å²) < 4.78 is 46.8. The molecule has 0 unspecified atom stereocenters. The van der Waals surface area contributed by atoms with Crippen LogP contribution in [0.5, 0.6) is 23.0 Å². The molecule has 1 aliphatic heterocycles. The van der Waals surface area contributed by atoms with E-state index in [1.807, 2.05) is 0 Å². The molecular formula is C32H24F2N4O6. The summed E-state index contributed by atoms with van der Waals surface area (Å²) in [5, 5.41) is 5.55. The molecule has 3 aromatic carbocycles. The molecule has 2 N–H and O–H groups in total. The lowest BCUT2D eigenvalue weighted by molar-refractivity contribution is 0.0959. The Balaban J connectivity index is 1.29. The molecular weight excluding hydrogens is 574 g/mol. The van der Waals surface area contributed by atoms with Gasteiger partial charge in [-0.3, -0.25) is 23.9 Å². The molecule has 0 atom stereocenters. The molecule has 10 nitrogen and oxygen atoms in total. The highest BCUT2D eigenvalue weighted by Crippen LogP contribution is 2.35. The Morgan fingerprint density at radius 1 is 0.977 bits per heavy atom. The van der Waals surface area contributed by atoms with Gasteiger partial charge in [0.15, 0.2) is 11.6 Å². The van der Waals surface area contributed by atoms with Crippen molar-refractivity contribution in [2.45, 2.75) is 6.42 Å². The average Bonchev–Trinajstić information content (AvgIpc) is 3.49. The Morgan fingerprint density at radius 2 is 1.77 bits per heavy atom. The molecule has 222 valence electrons. The molecule has 3 heterocycles. The summed E-state index contributed by atoms with van der Waals surface area (Å²) in [5.74, 6) is -1.91. The van der Waals surface area contributed by atoms with Crippen LogP contribution in [0.1, 0.15) is 26.3 Å². The van der Waals surface area contributed by atoms with Crippen LogP contribution in [-0.4, -0.2) is 42.1 Å². The van der Waals surface area contributed by atoms with Gasteiger partial charge in [0.05, 0.1) is 24.8 Å². The van der Waals surface area contributed by atoms with Crippen LogP contribution in [-0.2, 0) is 6.42 Å². The monoisotopic (exact) mass is 598 g/mol. The highest BCUT2D eigenvalue weighted by molar-refractivity contribution is 6.06. The Labute approximate surface area is 248 Å². The van der Waals surface area contributed by atoms with Crippen molar-refractivity contribution in [2.24, 2.45) is 0 Å². The topological polar surface area (TPSA) is 121 Å². The second kappa shape index (κ2) is 11.5. The number of ether oxygens (including phenoxy) is 3. The van der Waals surface area contributed by atoms with Crippen LogP contribution in [0.3, 0.4) is 0 Å². The number of halogens is 2. The second-order valence-electron chi connectivity index (χ2n) is 9.77. The van der Waals surface area contributed by atoms with Crippen molar-refractivity contribution in [1.29, 1.82) is 0 Å². The van der Waals surface area contributed by atoms with Crippen LogP contribution in [0.25, 0.3) is 16.6 Å². The smallest absolute Gasteiger partial charge is 0.271 e. The third-order valence-electron chi connectivity index (χ3n) is 7.09. The number of carbonyl (C=O) groups is 2. The van der Waals surface area contributed by atoms with Gasteiger partial charge < -0.3 is 24.8 Å². The predicted octanol–water partition coefficient (Wildman–Crippen LogP) is 5.01. The van der Waals surface area contributed by atoms with E-state index < -0.39 is 23.1 Å². The number of nitrogens with zero attached hydrogens (tertiary/aromatic N) is 2. The summed E-state index contributed by atoms with van der Waals surface area (Å²) in [4.78, 5) is 43.4. The van der Waals surface area contributed by atoms with Crippen LogP contribution >= 0.6 is 0 Å². The SMILES string of the molecule is CNC(=O)c1cc2c(Oc3ccc(NC(=O)c4c5c(cn(-c6ccc(F)cc6)c4=O)CCO5)cc3F)ccnc2cc1OC. The van der Waals surface area contributed by atoms with E-state index in [9.17, 15) is 18.8 Å². The van der Waals surface area contributed by atoms with Crippen molar-refractivity contribution in [2.75, 3.05) is 26.1 Å². The number of nitrogens with one attached hydrogen (secondary N) is 2. The van der Waals surface area contributed by atoms with Crippen molar-refractivity contribution >= 4 is 28.4 Å². The lowest BCUT2D eigenvalue weighted by Gasteiger charge is -2.14. The lowest BCUT2D eigenvalue weighted by Crippen LogP contribution is -2.29. The standard InChI is InChI=1S/C32H24F2N4O6/c1-35-30(39)22-14-21-24(15-27(22)42-2)36-11-9-25(21)44-26-8-5-19(13-23(26)34)37-31(40)28-29-17(10-12-43-29)16-38(32(28)41)20-6-3-18(33)4-7-20/h3-9,11,13-16H,10,12H2,1-2H3,(H,35,39)(H,37,40). The molecule has 0 saturated carbocycles. The number of carbonyl (C=O) groups excluding carboxylic acids is 2. The second-order valence-corrected chi connectivity index (χ2v) is 9.77. The van der Waals surface area contributed by atoms with Crippen LogP contribution in [0.4, 0.5) is 14.5 Å². The molecule has 5 aromatic rings. The first-order chi connectivity index (χ1) is 21.3. The fourth-order valence-electron chi connectivity index (χ4n) is 4.94. The maximum Gasteiger partial charge on any atom is 0.271 e. The van der Waals surface area contributed by atoms with E-state index in [1.54, 1.807) is 18.3 Å². The van der Waals surface area contributed by atoms with E-state index in [-0.39, 0.29) is 46.6 Å². The van der Waals surface area contributed by atoms with Gasteiger partial charge in [-0.25, -0.2) is 8.78 Å². The first-order valence-corrected chi connectivity index (χ1v) is 13.4. The van der Waals surface area contributed by atoms with E-state index in [1.165, 1.54) is 67.4 Å². The highest BCUT2D eigenvalue weighted by atomic mass is 19.1. The zero-order valence-electron chi connectivity index (χ0n) is 23.4. The average molecular weight is 599 g/mol. The summed E-state index contributed by atoms with van der Waals surface area (Å²) in [6.45, 7) is 0.282. The number of amides is 2. The largest absolute Gasteiger partial charge is 0.496 e. The molecule has 0 saturated heterocycles. The van der Waals surface area contributed by atoms with Gasteiger partial charge in [0, 0.05) is 60.3 Å². The van der Waals surface area contributed by atoms with Gasteiger partial charge in [0.25, 0.3) is 17.4 Å². The van der Waals surface area contributed by atoms with Crippen molar-refractivity contribution in [3.63, 3.8) is 0 Å². The third-order valence-corrected chi connectivity index (χ3v) is 7.09. The molecule has 0 spiro atoms. The summed E-state index contributed by atoms with van der Waals surface area (Å²) in [7, 11) is 2.92. The fourth-order valence-corrected chi connectivity index (χ4v) is 4.94. The van der Waals surface area contributed by atoms with Crippen LogP contribution in [0, 0.1) is 11.6 Å². The van der Waals surface area contributed by atoms with Gasteiger partial charge in [0.2, 0.25) is 0 Å². The maximum atomic E-state index is 15.3. The predicted molar refractivity (Wildman–Crippen MR) is 157 cm³/mol. The van der Waals surface area contributed by atoms with Crippen molar-refractivity contribution < 1.29 is 32.6 Å². The van der Waals surface area contributed by atoms with Gasteiger partial charge in [0.1, 0.15) is 28.6 Å². The minimum atomic E-state index is -0.800. The van der Waals surface area contributed by atoms with Gasteiger partial charge in [-0.15, -0.1) is 0 Å². The van der Waals surface area contributed by atoms with Crippen LogP contribution in [0.2, 0.25) is 0 Å². The summed E-state index contributed by atoms with van der Waals surface area (Å²) in [6, 6.07) is 13.7. The molecule has 6 rings (SSSR count). The summed E-state index contributed by atoms with van der Waals surface area (Å²) >= 11 is 0. The Bertz CT molecular complexity index is 2010. The van der Waals surface area contributed by atoms with Gasteiger partial charge >= 0.3 is 0 Å². The Hall–Kier alpha value is -5.78. The molecule has 44 heavy (non-hydrogen) atoms. The molecule has 1 aliphatic rings. The van der Waals surface area contributed by atoms with E-state index in [0.29, 0.717) is 34.3 Å². The Kier molecular flexibility index (Phi) is 7.39. The number of anilines is 1.